The van der Waals surface area contributed by atoms with Crippen LogP contribution in [-0.2, 0) is 0 Å². The van der Waals surface area contributed by atoms with Gasteiger partial charge >= 0.3 is 0 Å². The lowest BCUT2D eigenvalue weighted by atomic mass is 9.80. The normalized spacial score (nSPS) is 17.4. The molecule has 2 N–H and O–H groups in total. The van der Waals surface area contributed by atoms with Gasteiger partial charge in [0.1, 0.15) is 4.60 Å². The summed E-state index contributed by atoms with van der Waals surface area (Å²) in [6.07, 6.45) is 5.77. The first-order valence-corrected chi connectivity index (χ1v) is 4.97. The van der Waals surface area contributed by atoms with Gasteiger partial charge in [-0.25, -0.2) is 4.98 Å². The van der Waals surface area contributed by atoms with Crippen LogP contribution in [0.15, 0.2) is 16.9 Å². The number of nitrogens with zero attached hydrogens (tertiary/aromatic N) is 1. The van der Waals surface area contributed by atoms with Gasteiger partial charge in [-0.15, -0.1) is 0 Å². The Morgan fingerprint density at radius 3 is 2.75 bits per heavy atom. The molecule has 0 unspecified atom stereocenters. The molecular formula is C9H11BrN2. The summed E-state index contributed by atoms with van der Waals surface area (Å²) < 4.78 is 0.822. The van der Waals surface area contributed by atoms with Crippen LogP contribution in [0.25, 0.3) is 0 Å². The SMILES string of the molecule is Nc1cc(Br)ncc1C1CCC1. The van der Waals surface area contributed by atoms with Crippen molar-refractivity contribution < 1.29 is 0 Å². The van der Waals surface area contributed by atoms with E-state index in [9.17, 15) is 0 Å². The van der Waals surface area contributed by atoms with Crippen molar-refractivity contribution >= 4 is 21.6 Å². The van der Waals surface area contributed by atoms with Gasteiger partial charge in [-0.2, -0.15) is 0 Å². The minimum absolute atomic E-state index is 0.672. The summed E-state index contributed by atoms with van der Waals surface area (Å²) in [4.78, 5) is 4.18. The zero-order valence-electron chi connectivity index (χ0n) is 6.76. The Labute approximate surface area is 80.3 Å². The summed E-state index contributed by atoms with van der Waals surface area (Å²) in [5.74, 6) is 0.672. The molecule has 3 heteroatoms. The Bertz CT molecular complexity index is 295. The molecule has 1 saturated carbocycles. The number of nitrogen functional groups attached to an aromatic ring is 1. The summed E-state index contributed by atoms with van der Waals surface area (Å²) in [5, 5.41) is 0. The second kappa shape index (κ2) is 3.05. The van der Waals surface area contributed by atoms with E-state index in [0.717, 1.165) is 10.3 Å². The van der Waals surface area contributed by atoms with Gasteiger partial charge in [0.15, 0.2) is 0 Å². The second-order valence-electron chi connectivity index (χ2n) is 3.26. The lowest BCUT2D eigenvalue weighted by Crippen LogP contribution is -2.11. The van der Waals surface area contributed by atoms with E-state index in [-0.39, 0.29) is 0 Å². The molecule has 0 radical (unpaired) electrons. The molecule has 2 nitrogen and oxygen atoms in total. The van der Waals surface area contributed by atoms with Crippen molar-refractivity contribution in [3.63, 3.8) is 0 Å². The number of aromatic nitrogens is 1. The highest BCUT2D eigenvalue weighted by Gasteiger charge is 2.21. The largest absolute Gasteiger partial charge is 0.398 e. The maximum absolute atomic E-state index is 5.86. The smallest absolute Gasteiger partial charge is 0.108 e. The molecule has 0 atom stereocenters. The predicted molar refractivity (Wildman–Crippen MR) is 52.9 cm³/mol. The van der Waals surface area contributed by atoms with E-state index in [4.69, 9.17) is 5.73 Å². The first kappa shape index (κ1) is 8.05. The highest BCUT2D eigenvalue weighted by atomic mass is 79.9. The number of hydrogen-bond donors (Lipinski definition) is 1. The van der Waals surface area contributed by atoms with Crippen molar-refractivity contribution in [2.24, 2.45) is 0 Å². The van der Waals surface area contributed by atoms with Crippen LogP contribution in [0.1, 0.15) is 30.7 Å². The molecule has 0 bridgehead atoms. The van der Waals surface area contributed by atoms with Gasteiger partial charge < -0.3 is 5.73 Å². The molecule has 0 amide bonds. The van der Waals surface area contributed by atoms with Crippen LogP contribution >= 0.6 is 15.9 Å². The number of hydrogen-bond acceptors (Lipinski definition) is 2. The van der Waals surface area contributed by atoms with Crippen LogP contribution in [0.3, 0.4) is 0 Å². The zero-order valence-corrected chi connectivity index (χ0v) is 8.34. The maximum Gasteiger partial charge on any atom is 0.108 e. The van der Waals surface area contributed by atoms with E-state index in [1.54, 1.807) is 0 Å². The second-order valence-corrected chi connectivity index (χ2v) is 4.08. The minimum atomic E-state index is 0.672. The summed E-state index contributed by atoms with van der Waals surface area (Å²) in [6.45, 7) is 0. The third kappa shape index (κ3) is 1.33. The summed E-state index contributed by atoms with van der Waals surface area (Å²) in [7, 11) is 0. The Kier molecular flexibility index (Phi) is 2.05. The molecule has 0 aliphatic heterocycles. The van der Waals surface area contributed by atoms with Crippen LogP contribution in [0.5, 0.6) is 0 Å². The van der Waals surface area contributed by atoms with Crippen LogP contribution in [0.2, 0.25) is 0 Å². The lowest BCUT2D eigenvalue weighted by Gasteiger charge is -2.26. The van der Waals surface area contributed by atoms with Gasteiger partial charge in [0.25, 0.3) is 0 Å². The average molecular weight is 227 g/mol. The van der Waals surface area contributed by atoms with Gasteiger partial charge in [0.2, 0.25) is 0 Å². The average Bonchev–Trinajstić information content (AvgIpc) is 1.91. The Balaban J connectivity index is 2.31. The molecule has 1 aromatic rings. The number of nitrogens with two attached hydrogens (primary N) is 1. The van der Waals surface area contributed by atoms with Crippen LogP contribution in [-0.4, -0.2) is 4.98 Å². The third-order valence-corrected chi connectivity index (χ3v) is 2.91. The highest BCUT2D eigenvalue weighted by molar-refractivity contribution is 9.10. The number of rotatable bonds is 1. The van der Waals surface area contributed by atoms with Crippen molar-refractivity contribution in [1.82, 2.24) is 4.98 Å². The third-order valence-electron chi connectivity index (χ3n) is 2.48. The first-order valence-electron chi connectivity index (χ1n) is 4.18. The van der Waals surface area contributed by atoms with Crippen LogP contribution in [0, 0.1) is 0 Å². The monoisotopic (exact) mass is 226 g/mol. The van der Waals surface area contributed by atoms with Crippen molar-refractivity contribution in [3.05, 3.63) is 22.4 Å². The van der Waals surface area contributed by atoms with E-state index in [1.165, 1.54) is 24.8 Å². The Hall–Kier alpha value is -0.570. The summed E-state index contributed by atoms with van der Waals surface area (Å²) in [6, 6.07) is 1.88. The van der Waals surface area contributed by atoms with E-state index < -0.39 is 0 Å². The van der Waals surface area contributed by atoms with Crippen LogP contribution in [0.4, 0.5) is 5.69 Å². The van der Waals surface area contributed by atoms with E-state index in [0.29, 0.717) is 5.92 Å². The molecule has 1 aliphatic carbocycles. The molecule has 12 heavy (non-hydrogen) atoms. The fourth-order valence-electron chi connectivity index (χ4n) is 1.52. The standard InChI is InChI=1S/C9H11BrN2/c10-9-4-8(11)7(5-12-9)6-2-1-3-6/h4-6H,1-3H2,(H2,11,12). The van der Waals surface area contributed by atoms with Crippen molar-refractivity contribution in [1.29, 1.82) is 0 Å². The molecule has 1 fully saturated rings. The van der Waals surface area contributed by atoms with Crippen LogP contribution < -0.4 is 5.73 Å². The molecule has 1 heterocycles. The molecule has 0 spiro atoms. The molecule has 1 aromatic heterocycles. The number of anilines is 1. The summed E-state index contributed by atoms with van der Waals surface area (Å²) >= 11 is 3.29. The van der Waals surface area contributed by atoms with Crippen molar-refractivity contribution in [3.8, 4) is 0 Å². The number of pyridine rings is 1. The van der Waals surface area contributed by atoms with E-state index in [2.05, 4.69) is 20.9 Å². The molecule has 64 valence electrons. The van der Waals surface area contributed by atoms with E-state index >= 15 is 0 Å². The lowest BCUT2D eigenvalue weighted by molar-refractivity contribution is 0.420. The van der Waals surface area contributed by atoms with Crippen molar-refractivity contribution in [2.75, 3.05) is 5.73 Å². The fraction of sp³-hybridized carbons (Fsp3) is 0.444. The maximum atomic E-state index is 5.86. The first-order chi connectivity index (χ1) is 5.77. The van der Waals surface area contributed by atoms with Gasteiger partial charge in [0.05, 0.1) is 0 Å². The predicted octanol–water partition coefficient (Wildman–Crippen LogP) is 2.69. The minimum Gasteiger partial charge on any atom is -0.398 e. The van der Waals surface area contributed by atoms with E-state index in [1.807, 2.05) is 12.3 Å². The van der Waals surface area contributed by atoms with Gasteiger partial charge in [0, 0.05) is 11.9 Å². The molecule has 0 saturated heterocycles. The summed E-state index contributed by atoms with van der Waals surface area (Å²) in [5.41, 5.74) is 7.96. The highest BCUT2D eigenvalue weighted by Crippen LogP contribution is 2.38. The topological polar surface area (TPSA) is 38.9 Å². The van der Waals surface area contributed by atoms with Gasteiger partial charge in [-0.3, -0.25) is 0 Å². The Morgan fingerprint density at radius 1 is 1.50 bits per heavy atom. The fourth-order valence-corrected chi connectivity index (χ4v) is 1.86. The Morgan fingerprint density at radius 2 is 2.25 bits per heavy atom. The quantitative estimate of drug-likeness (QED) is 0.749. The molecule has 0 aromatic carbocycles. The van der Waals surface area contributed by atoms with Crippen molar-refractivity contribution in [2.45, 2.75) is 25.2 Å². The number of halogens is 1. The zero-order chi connectivity index (χ0) is 8.55. The van der Waals surface area contributed by atoms with Gasteiger partial charge in [-0.05, 0) is 46.3 Å². The molecule has 1 aliphatic rings. The molecular weight excluding hydrogens is 216 g/mol. The molecule has 2 rings (SSSR count). The van der Waals surface area contributed by atoms with Gasteiger partial charge in [-0.1, -0.05) is 6.42 Å².